The third-order valence-electron chi connectivity index (χ3n) is 4.75. The summed E-state index contributed by atoms with van der Waals surface area (Å²) in [6, 6.07) is 3.52. The van der Waals surface area contributed by atoms with Crippen LogP contribution in [0.15, 0.2) is 24.5 Å². The minimum absolute atomic E-state index is 0.0559. The van der Waals surface area contributed by atoms with Gasteiger partial charge >= 0.3 is 0 Å². The lowest BCUT2D eigenvalue weighted by atomic mass is 10.0. The maximum absolute atomic E-state index is 12.2. The van der Waals surface area contributed by atoms with Crippen LogP contribution in [0, 0.1) is 0 Å². The SMILES string of the molecule is CC(=O)NCC(=O)NC1CCn2c1c(-c1cn[nH]c1)c1ccc(Cl)c(Cl)c12. The Labute approximate surface area is 165 Å². The summed E-state index contributed by atoms with van der Waals surface area (Å²) in [7, 11) is 0. The van der Waals surface area contributed by atoms with Gasteiger partial charge in [-0.25, -0.2) is 0 Å². The van der Waals surface area contributed by atoms with Crippen LogP contribution in [-0.4, -0.2) is 33.1 Å². The normalized spacial score (nSPS) is 15.7. The highest BCUT2D eigenvalue weighted by atomic mass is 35.5. The molecule has 0 aliphatic carbocycles. The second kappa shape index (κ2) is 6.90. The molecule has 2 aromatic heterocycles. The molecular formula is C18H17Cl2N5O2. The predicted octanol–water partition coefficient (Wildman–Crippen LogP) is 3.04. The number of benzene rings is 1. The van der Waals surface area contributed by atoms with Crippen LogP contribution in [0.2, 0.25) is 10.0 Å². The Morgan fingerprint density at radius 1 is 1.37 bits per heavy atom. The number of hydrogen-bond acceptors (Lipinski definition) is 3. The molecule has 27 heavy (non-hydrogen) atoms. The fourth-order valence-corrected chi connectivity index (χ4v) is 4.09. The molecule has 3 aromatic rings. The van der Waals surface area contributed by atoms with Crippen molar-refractivity contribution in [1.82, 2.24) is 25.4 Å². The molecule has 3 N–H and O–H groups in total. The average Bonchev–Trinajstić information content (AvgIpc) is 3.33. The Morgan fingerprint density at radius 3 is 2.89 bits per heavy atom. The number of nitrogens with zero attached hydrogens (tertiary/aromatic N) is 2. The summed E-state index contributed by atoms with van der Waals surface area (Å²) in [5, 5.41) is 14.4. The van der Waals surface area contributed by atoms with Crippen molar-refractivity contribution in [3.63, 3.8) is 0 Å². The third kappa shape index (κ3) is 3.07. The molecule has 0 spiro atoms. The lowest BCUT2D eigenvalue weighted by molar-refractivity contribution is -0.125. The van der Waals surface area contributed by atoms with Gasteiger partial charge < -0.3 is 15.2 Å². The van der Waals surface area contributed by atoms with E-state index in [1.807, 2.05) is 12.3 Å². The largest absolute Gasteiger partial charge is 0.347 e. The minimum atomic E-state index is -0.244. The molecule has 4 rings (SSSR count). The zero-order chi connectivity index (χ0) is 19.1. The van der Waals surface area contributed by atoms with Gasteiger partial charge in [0, 0.05) is 41.9 Å². The van der Waals surface area contributed by atoms with Crippen LogP contribution in [0.25, 0.3) is 22.0 Å². The van der Waals surface area contributed by atoms with Crippen LogP contribution in [0.4, 0.5) is 0 Å². The Morgan fingerprint density at radius 2 is 2.19 bits per heavy atom. The van der Waals surface area contributed by atoms with Crippen molar-refractivity contribution < 1.29 is 9.59 Å². The summed E-state index contributed by atoms with van der Waals surface area (Å²) in [5.74, 6) is -0.484. The topological polar surface area (TPSA) is 91.8 Å². The molecule has 1 aliphatic heterocycles. The van der Waals surface area contributed by atoms with E-state index in [1.54, 1.807) is 12.3 Å². The maximum atomic E-state index is 12.2. The number of amides is 2. The molecule has 7 nitrogen and oxygen atoms in total. The van der Waals surface area contributed by atoms with Gasteiger partial charge in [-0.2, -0.15) is 5.10 Å². The summed E-state index contributed by atoms with van der Waals surface area (Å²) in [6.45, 7) is 2.03. The molecule has 1 aromatic carbocycles. The molecule has 3 heterocycles. The first-order valence-electron chi connectivity index (χ1n) is 8.50. The van der Waals surface area contributed by atoms with Crippen LogP contribution in [0.1, 0.15) is 25.1 Å². The number of fused-ring (bicyclic) bond motifs is 3. The highest BCUT2D eigenvalue weighted by Gasteiger charge is 2.32. The first-order chi connectivity index (χ1) is 13.0. The number of hydrogen-bond donors (Lipinski definition) is 3. The summed E-state index contributed by atoms with van der Waals surface area (Å²) >= 11 is 12.8. The summed E-state index contributed by atoms with van der Waals surface area (Å²) in [6.07, 6.45) is 4.28. The van der Waals surface area contributed by atoms with E-state index >= 15 is 0 Å². The fraction of sp³-hybridized carbons (Fsp3) is 0.278. The van der Waals surface area contributed by atoms with E-state index in [0.717, 1.165) is 34.1 Å². The molecule has 0 radical (unpaired) electrons. The van der Waals surface area contributed by atoms with E-state index in [1.165, 1.54) is 6.92 Å². The molecule has 0 saturated heterocycles. The molecule has 0 fully saturated rings. The second-order valence-electron chi connectivity index (χ2n) is 6.47. The van der Waals surface area contributed by atoms with Gasteiger partial charge in [0.1, 0.15) is 0 Å². The number of carbonyl (C=O) groups excluding carboxylic acids is 2. The standard InChI is InChI=1S/C18H17Cl2N5O2/c1-9(26)21-8-14(27)24-13-4-5-25-17-11(2-3-12(19)16(17)20)15(18(13)25)10-6-22-23-7-10/h2-3,6-7,13H,4-5,8H2,1H3,(H,21,26)(H,22,23)(H,24,27). The number of halogens is 2. The van der Waals surface area contributed by atoms with Gasteiger partial charge in [0.25, 0.3) is 0 Å². The van der Waals surface area contributed by atoms with E-state index in [0.29, 0.717) is 16.6 Å². The molecule has 9 heteroatoms. The molecule has 140 valence electrons. The van der Waals surface area contributed by atoms with E-state index < -0.39 is 0 Å². The summed E-state index contributed by atoms with van der Waals surface area (Å²) in [5.41, 5.74) is 3.70. The molecular weight excluding hydrogens is 389 g/mol. The highest BCUT2D eigenvalue weighted by Crippen LogP contribution is 2.46. The van der Waals surface area contributed by atoms with Crippen molar-refractivity contribution in [2.45, 2.75) is 25.9 Å². The molecule has 0 saturated carbocycles. The van der Waals surface area contributed by atoms with Crippen molar-refractivity contribution in [1.29, 1.82) is 0 Å². The highest BCUT2D eigenvalue weighted by molar-refractivity contribution is 6.45. The van der Waals surface area contributed by atoms with Crippen molar-refractivity contribution >= 4 is 45.9 Å². The number of aromatic nitrogens is 3. The van der Waals surface area contributed by atoms with E-state index in [-0.39, 0.29) is 24.4 Å². The zero-order valence-corrected chi connectivity index (χ0v) is 16.0. The number of aromatic amines is 1. The van der Waals surface area contributed by atoms with E-state index in [2.05, 4.69) is 25.4 Å². The molecule has 0 bridgehead atoms. The Kier molecular flexibility index (Phi) is 4.57. The van der Waals surface area contributed by atoms with Crippen LogP contribution >= 0.6 is 23.2 Å². The lowest BCUT2D eigenvalue weighted by Crippen LogP contribution is -2.37. The predicted molar refractivity (Wildman–Crippen MR) is 104 cm³/mol. The first-order valence-corrected chi connectivity index (χ1v) is 9.26. The Hall–Kier alpha value is -2.51. The third-order valence-corrected chi connectivity index (χ3v) is 5.54. The Balaban J connectivity index is 1.81. The number of nitrogens with one attached hydrogen (secondary N) is 3. The van der Waals surface area contributed by atoms with Crippen molar-refractivity contribution in [2.75, 3.05) is 6.54 Å². The van der Waals surface area contributed by atoms with Crippen molar-refractivity contribution in [3.05, 3.63) is 40.3 Å². The number of aryl methyl sites for hydroxylation is 1. The van der Waals surface area contributed by atoms with Crippen molar-refractivity contribution in [2.24, 2.45) is 0 Å². The second-order valence-corrected chi connectivity index (χ2v) is 7.26. The molecule has 1 unspecified atom stereocenters. The monoisotopic (exact) mass is 405 g/mol. The maximum Gasteiger partial charge on any atom is 0.239 e. The number of carbonyl (C=O) groups is 2. The summed E-state index contributed by atoms with van der Waals surface area (Å²) < 4.78 is 2.11. The fourth-order valence-electron chi connectivity index (χ4n) is 3.67. The van der Waals surface area contributed by atoms with Crippen LogP contribution in [0.5, 0.6) is 0 Å². The molecule has 2 amide bonds. The van der Waals surface area contributed by atoms with E-state index in [4.69, 9.17) is 23.2 Å². The number of rotatable bonds is 4. The van der Waals surface area contributed by atoms with Gasteiger partial charge in [-0.3, -0.25) is 14.7 Å². The van der Waals surface area contributed by atoms with Crippen molar-refractivity contribution in [3.8, 4) is 11.1 Å². The minimum Gasteiger partial charge on any atom is -0.347 e. The van der Waals surface area contributed by atoms with Gasteiger partial charge in [0.05, 0.1) is 34.3 Å². The first kappa shape index (κ1) is 17.9. The lowest BCUT2D eigenvalue weighted by Gasteiger charge is -2.14. The van der Waals surface area contributed by atoms with Gasteiger partial charge in [-0.05, 0) is 12.5 Å². The van der Waals surface area contributed by atoms with E-state index in [9.17, 15) is 9.59 Å². The molecule has 1 aliphatic rings. The number of H-pyrrole nitrogens is 1. The van der Waals surface area contributed by atoms with Crippen LogP contribution in [-0.2, 0) is 16.1 Å². The van der Waals surface area contributed by atoms with Gasteiger partial charge in [-0.1, -0.05) is 29.3 Å². The summed E-state index contributed by atoms with van der Waals surface area (Å²) in [4.78, 5) is 23.3. The van der Waals surface area contributed by atoms with Gasteiger partial charge in [-0.15, -0.1) is 0 Å². The van der Waals surface area contributed by atoms with Gasteiger partial charge in [0.15, 0.2) is 0 Å². The smallest absolute Gasteiger partial charge is 0.239 e. The van der Waals surface area contributed by atoms with Gasteiger partial charge in [0.2, 0.25) is 11.8 Å². The zero-order valence-electron chi connectivity index (χ0n) is 14.5. The Bertz CT molecular complexity index is 1040. The van der Waals surface area contributed by atoms with Crippen LogP contribution < -0.4 is 10.6 Å². The quantitative estimate of drug-likeness (QED) is 0.622. The average molecular weight is 406 g/mol. The van der Waals surface area contributed by atoms with Crippen LogP contribution in [0.3, 0.4) is 0 Å². The molecule has 1 atom stereocenters.